The third kappa shape index (κ3) is 2.71. The van der Waals surface area contributed by atoms with Crippen molar-refractivity contribution in [3.63, 3.8) is 0 Å². The average Bonchev–Trinajstić information content (AvgIpc) is 3.19. The molecule has 0 saturated carbocycles. The predicted octanol–water partition coefficient (Wildman–Crippen LogP) is 1.80. The second kappa shape index (κ2) is 5.95. The first-order valence-corrected chi connectivity index (χ1v) is 9.77. The number of thiazole rings is 1. The molecule has 5 rings (SSSR count). The van der Waals surface area contributed by atoms with E-state index in [4.69, 9.17) is 9.72 Å². The fraction of sp³-hybridized carbons (Fsp3) is 0.611. The summed E-state index contributed by atoms with van der Waals surface area (Å²) in [6.07, 6.45) is 1.67. The van der Waals surface area contributed by atoms with E-state index in [1.165, 1.54) is 16.3 Å². The van der Waals surface area contributed by atoms with Gasteiger partial charge in [0.2, 0.25) is 0 Å². The first-order chi connectivity index (χ1) is 11.8. The number of hydrogen-bond donors (Lipinski definition) is 1. The highest BCUT2D eigenvalue weighted by molar-refractivity contribution is 7.22. The third-order valence-electron chi connectivity index (χ3n) is 5.67. The molecule has 4 heterocycles. The van der Waals surface area contributed by atoms with Gasteiger partial charge < -0.3 is 15.0 Å². The minimum atomic E-state index is 0.432. The van der Waals surface area contributed by atoms with E-state index in [1.54, 1.807) is 0 Å². The molecule has 0 aliphatic carbocycles. The van der Waals surface area contributed by atoms with Crippen molar-refractivity contribution in [3.05, 3.63) is 24.3 Å². The maximum absolute atomic E-state index is 6.06. The van der Waals surface area contributed by atoms with Crippen molar-refractivity contribution < 1.29 is 4.74 Å². The Kier molecular flexibility index (Phi) is 3.74. The molecule has 6 heteroatoms. The highest BCUT2D eigenvalue weighted by Gasteiger charge is 2.45. The number of piperazine rings is 1. The van der Waals surface area contributed by atoms with Gasteiger partial charge in [0, 0.05) is 51.2 Å². The van der Waals surface area contributed by atoms with E-state index in [0.717, 1.165) is 57.9 Å². The number of aromatic nitrogens is 1. The standard InChI is InChI=1S/C18H24N4OS/c1-2-4-16-15(3-1)20-17(24-16)22-7-5-21(6-8-22)10-14-9-18(13-23-14)11-19-12-18/h1-4,14,19H,5-13H2. The SMILES string of the molecule is c1ccc2sc(N3CCN(CC4CC5(CNC5)CO4)CC3)nc2c1. The summed E-state index contributed by atoms with van der Waals surface area (Å²) >= 11 is 1.81. The second-order valence-electron chi connectivity index (χ2n) is 7.49. The van der Waals surface area contributed by atoms with Crippen LogP contribution in [0.3, 0.4) is 0 Å². The molecule has 2 aromatic rings. The lowest BCUT2D eigenvalue weighted by atomic mass is 9.80. The van der Waals surface area contributed by atoms with Crippen LogP contribution in [0, 0.1) is 5.41 Å². The molecule has 1 unspecified atom stereocenters. The van der Waals surface area contributed by atoms with Crippen LogP contribution in [-0.4, -0.2) is 68.4 Å². The number of hydrogen-bond acceptors (Lipinski definition) is 6. The van der Waals surface area contributed by atoms with E-state index in [-0.39, 0.29) is 0 Å². The average molecular weight is 344 g/mol. The molecule has 24 heavy (non-hydrogen) atoms. The molecule has 5 nitrogen and oxygen atoms in total. The van der Waals surface area contributed by atoms with Crippen LogP contribution in [0.1, 0.15) is 6.42 Å². The van der Waals surface area contributed by atoms with Crippen LogP contribution in [0.5, 0.6) is 0 Å². The molecule has 0 amide bonds. The van der Waals surface area contributed by atoms with Crippen molar-refractivity contribution >= 4 is 26.7 Å². The normalized spacial score (nSPS) is 27.0. The first kappa shape index (κ1) is 15.1. The number of nitrogens with zero attached hydrogens (tertiary/aromatic N) is 3. The van der Waals surface area contributed by atoms with Gasteiger partial charge in [-0.05, 0) is 18.6 Å². The van der Waals surface area contributed by atoms with E-state index in [2.05, 4.69) is 39.4 Å². The van der Waals surface area contributed by atoms with Crippen molar-refractivity contribution in [3.8, 4) is 0 Å². The Bertz CT molecular complexity index is 688. The number of benzene rings is 1. The van der Waals surface area contributed by atoms with Crippen LogP contribution < -0.4 is 10.2 Å². The molecule has 3 aliphatic heterocycles. The van der Waals surface area contributed by atoms with E-state index in [0.29, 0.717) is 11.5 Å². The third-order valence-corrected chi connectivity index (χ3v) is 6.77. The van der Waals surface area contributed by atoms with Crippen molar-refractivity contribution in [2.75, 3.05) is 57.3 Å². The second-order valence-corrected chi connectivity index (χ2v) is 8.50. The van der Waals surface area contributed by atoms with Crippen LogP contribution >= 0.6 is 11.3 Å². The van der Waals surface area contributed by atoms with Crippen molar-refractivity contribution in [1.29, 1.82) is 0 Å². The summed E-state index contributed by atoms with van der Waals surface area (Å²) < 4.78 is 7.35. The van der Waals surface area contributed by atoms with Crippen LogP contribution in [0.4, 0.5) is 5.13 Å². The van der Waals surface area contributed by atoms with Crippen LogP contribution in [0.15, 0.2) is 24.3 Å². The van der Waals surface area contributed by atoms with Crippen molar-refractivity contribution in [2.45, 2.75) is 12.5 Å². The molecule has 1 aromatic heterocycles. The van der Waals surface area contributed by atoms with Gasteiger partial charge in [0.05, 0.1) is 22.9 Å². The molecule has 0 bridgehead atoms. The predicted molar refractivity (Wildman–Crippen MR) is 97.9 cm³/mol. The molecule has 3 aliphatic rings. The monoisotopic (exact) mass is 344 g/mol. The van der Waals surface area contributed by atoms with Crippen LogP contribution in [0.2, 0.25) is 0 Å². The van der Waals surface area contributed by atoms with Gasteiger partial charge >= 0.3 is 0 Å². The number of rotatable bonds is 3. The Balaban J connectivity index is 1.17. The first-order valence-electron chi connectivity index (χ1n) is 8.95. The highest BCUT2D eigenvalue weighted by Crippen LogP contribution is 2.36. The molecule has 128 valence electrons. The van der Waals surface area contributed by atoms with Crippen LogP contribution in [-0.2, 0) is 4.74 Å². The van der Waals surface area contributed by atoms with Gasteiger partial charge in [-0.2, -0.15) is 0 Å². The lowest BCUT2D eigenvalue weighted by Crippen LogP contribution is -2.54. The smallest absolute Gasteiger partial charge is 0.186 e. The van der Waals surface area contributed by atoms with Gasteiger partial charge in [0.25, 0.3) is 0 Å². The number of para-hydroxylation sites is 1. The summed E-state index contributed by atoms with van der Waals surface area (Å²) in [7, 11) is 0. The number of fused-ring (bicyclic) bond motifs is 1. The fourth-order valence-electron chi connectivity index (χ4n) is 4.14. The van der Waals surface area contributed by atoms with E-state index >= 15 is 0 Å². The van der Waals surface area contributed by atoms with Gasteiger partial charge in [-0.15, -0.1) is 0 Å². The molecule has 3 saturated heterocycles. The topological polar surface area (TPSA) is 40.6 Å². The number of ether oxygens (including phenoxy) is 1. The van der Waals surface area contributed by atoms with E-state index < -0.39 is 0 Å². The van der Waals surface area contributed by atoms with Gasteiger partial charge in [-0.3, -0.25) is 4.90 Å². The Morgan fingerprint density at radius 3 is 2.75 bits per heavy atom. The quantitative estimate of drug-likeness (QED) is 0.919. The fourth-order valence-corrected chi connectivity index (χ4v) is 5.16. The van der Waals surface area contributed by atoms with E-state index in [9.17, 15) is 0 Å². The Morgan fingerprint density at radius 1 is 1.21 bits per heavy atom. The van der Waals surface area contributed by atoms with Crippen molar-refractivity contribution in [1.82, 2.24) is 15.2 Å². The maximum atomic E-state index is 6.06. The number of nitrogens with one attached hydrogen (secondary N) is 1. The van der Waals surface area contributed by atoms with Gasteiger partial charge in [-0.25, -0.2) is 4.98 Å². The van der Waals surface area contributed by atoms with Gasteiger partial charge in [-0.1, -0.05) is 23.5 Å². The van der Waals surface area contributed by atoms with Crippen LogP contribution in [0.25, 0.3) is 10.2 Å². The van der Waals surface area contributed by atoms with Crippen molar-refractivity contribution in [2.24, 2.45) is 5.41 Å². The summed E-state index contributed by atoms with van der Waals surface area (Å²) in [5.74, 6) is 0. The molecular weight excluding hydrogens is 320 g/mol. The maximum Gasteiger partial charge on any atom is 0.186 e. The number of anilines is 1. The molecule has 1 spiro atoms. The molecule has 1 aromatic carbocycles. The van der Waals surface area contributed by atoms with E-state index in [1.807, 2.05) is 11.3 Å². The molecular formula is C18H24N4OS. The molecule has 1 atom stereocenters. The zero-order valence-corrected chi connectivity index (χ0v) is 14.7. The zero-order valence-electron chi connectivity index (χ0n) is 13.9. The lowest BCUT2D eigenvalue weighted by molar-refractivity contribution is 0.0567. The summed E-state index contributed by atoms with van der Waals surface area (Å²) in [6, 6.07) is 8.42. The largest absolute Gasteiger partial charge is 0.376 e. The summed E-state index contributed by atoms with van der Waals surface area (Å²) in [5.41, 5.74) is 1.59. The summed E-state index contributed by atoms with van der Waals surface area (Å²) in [5, 5.41) is 4.57. The molecule has 0 radical (unpaired) electrons. The zero-order chi connectivity index (χ0) is 16.0. The Morgan fingerprint density at radius 2 is 2.04 bits per heavy atom. The Hall–Kier alpha value is -1.21. The summed E-state index contributed by atoms with van der Waals surface area (Å²) in [4.78, 5) is 9.80. The summed E-state index contributed by atoms with van der Waals surface area (Å²) in [6.45, 7) is 8.70. The highest BCUT2D eigenvalue weighted by atomic mass is 32.1. The molecule has 3 fully saturated rings. The Labute approximate surface area is 146 Å². The van der Waals surface area contributed by atoms with Gasteiger partial charge in [0.15, 0.2) is 5.13 Å². The lowest BCUT2D eigenvalue weighted by Gasteiger charge is -2.38. The minimum Gasteiger partial charge on any atom is -0.376 e. The molecule has 1 N–H and O–H groups in total. The van der Waals surface area contributed by atoms with Gasteiger partial charge in [0.1, 0.15) is 0 Å². The minimum absolute atomic E-state index is 0.432.